The molecule has 0 fully saturated rings. The maximum absolute atomic E-state index is 12.5. The predicted molar refractivity (Wildman–Crippen MR) is 149 cm³/mol. The SMILES string of the molecule is CCN(CC)C(=O)Oc1[c-]cc2c(c1)c(CCO[Si](C)(C)C(C)(C)C)cn2[Si](C)(C)C(C)(C)C.[Li+]. The molecule has 5 nitrogen and oxygen atoms in total. The Kier molecular flexibility index (Phi) is 10.6. The third kappa shape index (κ3) is 7.07. The van der Waals surface area contributed by atoms with Crippen LogP contribution in [0.4, 0.5) is 4.79 Å². The number of hydrogen-bond donors (Lipinski definition) is 0. The quantitative estimate of drug-likeness (QED) is 0.382. The van der Waals surface area contributed by atoms with Gasteiger partial charge in [-0.1, -0.05) is 60.2 Å². The summed E-state index contributed by atoms with van der Waals surface area (Å²) in [7, 11) is -3.68. The molecule has 0 saturated heterocycles. The molecule has 192 valence electrons. The first kappa shape index (κ1) is 32.1. The molecule has 2 rings (SSSR count). The molecule has 1 aromatic carbocycles. The second-order valence-corrected chi connectivity index (χ2v) is 22.2. The zero-order valence-corrected chi connectivity index (χ0v) is 26.7. The average molecular weight is 511 g/mol. The van der Waals surface area contributed by atoms with Crippen LogP contribution in [0.5, 0.6) is 5.75 Å². The van der Waals surface area contributed by atoms with Crippen molar-refractivity contribution in [2.24, 2.45) is 0 Å². The Morgan fingerprint density at radius 3 is 2.09 bits per heavy atom. The second kappa shape index (κ2) is 11.6. The number of fused-ring (bicyclic) bond motifs is 1. The Morgan fingerprint density at radius 2 is 1.60 bits per heavy atom. The van der Waals surface area contributed by atoms with Gasteiger partial charge in [-0.05, 0) is 55.2 Å². The van der Waals surface area contributed by atoms with Crippen molar-refractivity contribution in [2.45, 2.75) is 98.1 Å². The van der Waals surface area contributed by atoms with E-state index in [4.69, 9.17) is 9.16 Å². The summed E-state index contributed by atoms with van der Waals surface area (Å²) in [5.41, 5.74) is 2.41. The van der Waals surface area contributed by atoms with E-state index in [-0.39, 0.29) is 35.0 Å². The standard InChI is InChI=1S/C27H47N2O3Si2.Li/c1-13-28(14-2)25(30)32-22-15-16-24-23(19-22)21(17-18-31-34(11,12)27(6,7)8)20-29(24)33(9,10)26(3,4)5;/h16,19-20H,13-14,17-18H2,1-12H3;/q-1;+1. The molecule has 0 atom stereocenters. The molecule has 0 spiro atoms. The monoisotopic (exact) mass is 510 g/mol. The van der Waals surface area contributed by atoms with Crippen LogP contribution >= 0.6 is 0 Å². The first-order valence-electron chi connectivity index (χ1n) is 12.6. The largest absolute Gasteiger partial charge is 1.00 e. The van der Waals surface area contributed by atoms with Gasteiger partial charge in [0.05, 0.1) is 0 Å². The molecule has 0 N–H and O–H groups in total. The molecule has 0 aliphatic heterocycles. The molecule has 0 aliphatic rings. The summed E-state index contributed by atoms with van der Waals surface area (Å²) in [4.78, 5) is 14.2. The van der Waals surface area contributed by atoms with E-state index in [1.807, 2.05) is 26.0 Å². The Morgan fingerprint density at radius 1 is 1.03 bits per heavy atom. The molecule has 0 aliphatic carbocycles. The summed E-state index contributed by atoms with van der Waals surface area (Å²) in [5, 5.41) is 1.50. The van der Waals surface area contributed by atoms with E-state index in [9.17, 15) is 4.79 Å². The Hall–Kier alpha value is -0.979. The van der Waals surface area contributed by atoms with Crippen molar-refractivity contribution in [1.29, 1.82) is 0 Å². The topological polar surface area (TPSA) is 43.7 Å². The predicted octanol–water partition coefficient (Wildman–Crippen LogP) is 4.70. The van der Waals surface area contributed by atoms with Gasteiger partial charge >= 0.3 is 25.0 Å². The van der Waals surface area contributed by atoms with Gasteiger partial charge < -0.3 is 18.3 Å². The smallest absolute Gasteiger partial charge is 0.437 e. The van der Waals surface area contributed by atoms with Crippen molar-refractivity contribution in [3.8, 4) is 5.75 Å². The number of benzene rings is 1. The van der Waals surface area contributed by atoms with E-state index < -0.39 is 16.6 Å². The minimum absolute atomic E-state index is 0. The number of ether oxygens (including phenoxy) is 1. The molecule has 1 aromatic heterocycles. The summed E-state index contributed by atoms with van der Waals surface area (Å²) >= 11 is 0. The van der Waals surface area contributed by atoms with Crippen LogP contribution in [-0.4, -0.2) is 51.5 Å². The zero-order valence-electron chi connectivity index (χ0n) is 24.7. The summed E-state index contributed by atoms with van der Waals surface area (Å²) in [5.74, 6) is 0.476. The van der Waals surface area contributed by atoms with Crippen molar-refractivity contribution in [3.63, 3.8) is 0 Å². The molecule has 0 radical (unpaired) electrons. The first-order chi connectivity index (χ1) is 15.5. The van der Waals surface area contributed by atoms with Gasteiger partial charge in [-0.3, -0.25) is 0 Å². The maximum Gasteiger partial charge on any atom is 1.00 e. The van der Waals surface area contributed by atoms with E-state index in [2.05, 4.69) is 84.2 Å². The van der Waals surface area contributed by atoms with Gasteiger partial charge in [-0.25, -0.2) is 4.79 Å². The van der Waals surface area contributed by atoms with Gasteiger partial charge in [0.2, 0.25) is 0 Å². The normalized spacial score (nSPS) is 13.0. The summed E-state index contributed by atoms with van der Waals surface area (Å²) in [6.07, 6.45) is 2.83. The molecule has 1 amide bonds. The van der Waals surface area contributed by atoms with Crippen LogP contribution < -0.4 is 23.6 Å². The minimum atomic E-state index is -1.86. The van der Waals surface area contributed by atoms with Gasteiger partial charge in [0.1, 0.15) is 8.24 Å². The third-order valence-electron chi connectivity index (χ3n) is 8.09. The molecule has 0 bridgehead atoms. The Bertz CT molecular complexity index is 1000. The average Bonchev–Trinajstić information content (AvgIpc) is 3.05. The molecule has 8 heteroatoms. The zero-order chi connectivity index (χ0) is 26.1. The number of aromatic nitrogens is 1. The number of rotatable bonds is 8. The second-order valence-electron chi connectivity index (χ2n) is 12.3. The fraction of sp³-hybridized carbons (Fsp3) is 0.667. The fourth-order valence-electron chi connectivity index (χ4n) is 3.57. The molecule has 2 aromatic rings. The van der Waals surface area contributed by atoms with Gasteiger partial charge in [0.15, 0.2) is 8.32 Å². The van der Waals surface area contributed by atoms with Gasteiger partial charge in [-0.2, -0.15) is 6.07 Å². The van der Waals surface area contributed by atoms with E-state index in [1.165, 1.54) is 5.56 Å². The Labute approximate surface area is 228 Å². The minimum Gasteiger partial charge on any atom is -0.437 e. The fourth-order valence-corrected chi connectivity index (χ4v) is 6.60. The van der Waals surface area contributed by atoms with Gasteiger partial charge in [0.25, 0.3) is 0 Å². The number of carbonyl (C=O) groups is 1. The third-order valence-corrected chi connectivity index (χ3v) is 17.9. The van der Waals surface area contributed by atoms with E-state index in [0.717, 1.165) is 17.3 Å². The van der Waals surface area contributed by atoms with E-state index in [1.54, 1.807) is 4.90 Å². The van der Waals surface area contributed by atoms with Crippen LogP contribution in [0, 0.1) is 6.07 Å². The summed E-state index contributed by atoms with van der Waals surface area (Å²) in [6, 6.07) is 7.22. The van der Waals surface area contributed by atoms with E-state index >= 15 is 0 Å². The van der Waals surface area contributed by atoms with Crippen molar-refractivity contribution in [3.05, 3.63) is 30.0 Å². The molecule has 35 heavy (non-hydrogen) atoms. The molecule has 1 heterocycles. The summed E-state index contributed by atoms with van der Waals surface area (Å²) in [6.45, 7) is 29.1. The molecular formula is C27H47LiN2O3Si2. The van der Waals surface area contributed by atoms with Crippen molar-refractivity contribution in [1.82, 2.24) is 9.13 Å². The maximum atomic E-state index is 12.5. The number of carbonyl (C=O) groups excluding carboxylic acids is 1. The summed E-state index contributed by atoms with van der Waals surface area (Å²) < 4.78 is 14.7. The van der Waals surface area contributed by atoms with Crippen LogP contribution in [0.3, 0.4) is 0 Å². The molecular weight excluding hydrogens is 463 g/mol. The first-order valence-corrected chi connectivity index (χ1v) is 18.5. The van der Waals surface area contributed by atoms with Gasteiger partial charge in [-0.15, -0.1) is 17.5 Å². The van der Waals surface area contributed by atoms with Crippen LogP contribution in [0.15, 0.2) is 18.3 Å². The van der Waals surface area contributed by atoms with Crippen LogP contribution in [0.2, 0.25) is 36.3 Å². The number of nitrogens with zero attached hydrogens (tertiary/aromatic N) is 2. The Balaban J connectivity index is 0.00000612. The molecule has 0 unspecified atom stereocenters. The number of amides is 1. The van der Waals surface area contributed by atoms with Crippen molar-refractivity contribution in [2.75, 3.05) is 19.7 Å². The van der Waals surface area contributed by atoms with Crippen molar-refractivity contribution >= 4 is 33.5 Å². The van der Waals surface area contributed by atoms with Crippen LogP contribution in [0.1, 0.15) is 61.0 Å². The molecule has 0 saturated carbocycles. The van der Waals surface area contributed by atoms with Crippen LogP contribution in [-0.2, 0) is 10.8 Å². The van der Waals surface area contributed by atoms with Crippen LogP contribution in [0.25, 0.3) is 10.9 Å². The number of hydrogen-bond acceptors (Lipinski definition) is 3. The van der Waals surface area contributed by atoms with E-state index in [0.29, 0.717) is 25.4 Å². The van der Waals surface area contributed by atoms with Gasteiger partial charge in [0, 0.05) is 25.4 Å². The van der Waals surface area contributed by atoms with Crippen molar-refractivity contribution < 1.29 is 32.8 Å².